The van der Waals surface area contributed by atoms with Gasteiger partial charge in [-0.15, -0.1) is 10.2 Å². The number of nitrogens with zero attached hydrogens (tertiary/aromatic N) is 5. The van der Waals surface area contributed by atoms with Crippen molar-refractivity contribution in [1.82, 2.24) is 24.7 Å². The molecule has 0 aromatic carbocycles. The summed E-state index contributed by atoms with van der Waals surface area (Å²) in [6.45, 7) is 0. The number of hydrogen-bond donors (Lipinski definition) is 1. The summed E-state index contributed by atoms with van der Waals surface area (Å²) < 4.78 is 35.1. The number of thioether (sulfide) groups is 1. The predicted octanol–water partition coefficient (Wildman–Crippen LogP) is 0.255. The van der Waals surface area contributed by atoms with Gasteiger partial charge in [0.15, 0.2) is 15.0 Å². The zero-order valence-electron chi connectivity index (χ0n) is 15.6. The van der Waals surface area contributed by atoms with E-state index in [1.54, 1.807) is 11.6 Å². The molecule has 28 heavy (non-hydrogen) atoms. The van der Waals surface area contributed by atoms with Gasteiger partial charge in [0, 0.05) is 13.0 Å². The molecule has 1 saturated heterocycles. The van der Waals surface area contributed by atoms with E-state index in [0.717, 1.165) is 0 Å². The molecule has 1 atom stereocenters. The van der Waals surface area contributed by atoms with Crippen molar-refractivity contribution in [2.75, 3.05) is 36.8 Å². The number of hydrogen-bond acceptors (Lipinski definition) is 10. The van der Waals surface area contributed by atoms with E-state index in [-0.39, 0.29) is 46.8 Å². The van der Waals surface area contributed by atoms with Crippen LogP contribution in [0, 0.1) is 0 Å². The molecule has 11 nitrogen and oxygen atoms in total. The molecule has 1 amide bonds. The highest BCUT2D eigenvalue weighted by atomic mass is 32.2. The van der Waals surface area contributed by atoms with Crippen LogP contribution in [0.5, 0.6) is 11.8 Å². The first-order valence-electron chi connectivity index (χ1n) is 8.30. The fourth-order valence-corrected chi connectivity index (χ4v) is 5.22. The maximum atomic E-state index is 12.2. The lowest BCUT2D eigenvalue weighted by Crippen LogP contribution is -2.17. The first-order chi connectivity index (χ1) is 13.3. The average molecular weight is 428 g/mol. The van der Waals surface area contributed by atoms with E-state index < -0.39 is 9.84 Å². The van der Waals surface area contributed by atoms with Gasteiger partial charge in [0.25, 0.3) is 0 Å². The highest BCUT2D eigenvalue weighted by molar-refractivity contribution is 7.99. The van der Waals surface area contributed by atoms with Crippen molar-refractivity contribution in [3.05, 3.63) is 11.9 Å². The highest BCUT2D eigenvalue weighted by Crippen LogP contribution is 2.29. The van der Waals surface area contributed by atoms with Gasteiger partial charge in [-0.2, -0.15) is 9.97 Å². The number of aromatic nitrogens is 5. The summed E-state index contributed by atoms with van der Waals surface area (Å²) >= 11 is 1.18. The molecule has 1 unspecified atom stereocenters. The summed E-state index contributed by atoms with van der Waals surface area (Å²) in [5.74, 6) is 1.01. The van der Waals surface area contributed by atoms with Gasteiger partial charge in [-0.1, -0.05) is 11.8 Å². The second-order valence-corrected chi connectivity index (χ2v) is 9.28. The van der Waals surface area contributed by atoms with Crippen LogP contribution >= 0.6 is 11.8 Å². The first-order valence-corrected chi connectivity index (χ1v) is 11.1. The Morgan fingerprint density at radius 2 is 1.96 bits per heavy atom. The third-order valence-corrected chi connectivity index (χ3v) is 6.94. The molecule has 0 aliphatic carbocycles. The Kier molecular flexibility index (Phi) is 6.03. The summed E-state index contributed by atoms with van der Waals surface area (Å²) in [5, 5.41) is 11.3. The monoisotopic (exact) mass is 428 g/mol. The summed E-state index contributed by atoms with van der Waals surface area (Å²) in [5.41, 5.74) is 0. The number of carbonyl (C=O) groups is 1. The fourth-order valence-electron chi connectivity index (χ4n) is 2.77. The molecule has 3 rings (SSSR count). The zero-order chi connectivity index (χ0) is 20.3. The van der Waals surface area contributed by atoms with Crippen LogP contribution in [0.15, 0.2) is 11.2 Å². The highest BCUT2D eigenvalue weighted by Gasteiger charge is 2.32. The zero-order valence-corrected chi connectivity index (χ0v) is 17.2. The lowest BCUT2D eigenvalue weighted by atomic mass is 10.1. The molecule has 0 saturated carbocycles. The number of carbonyl (C=O) groups excluding carboxylic acids is 1. The standard InChI is InChI=1S/C15H20N6O5S2/c1-21-13(9-4-5-28(23,24)8-9)19-20-15(21)27-7-10(22)16-14-17-11(25-2)6-12(18-14)26-3/h6,9H,4-5,7-8H2,1-3H3,(H,16,17,18,22). The van der Waals surface area contributed by atoms with Crippen molar-refractivity contribution in [2.45, 2.75) is 17.5 Å². The SMILES string of the molecule is COc1cc(OC)nc(NC(=O)CSc2nnc(C3CCS(=O)(=O)C3)n2C)n1. The van der Waals surface area contributed by atoms with Gasteiger partial charge in [0.1, 0.15) is 5.82 Å². The molecule has 2 aromatic rings. The summed E-state index contributed by atoms with van der Waals surface area (Å²) in [6.07, 6.45) is 0.536. The number of nitrogens with one attached hydrogen (secondary N) is 1. The Bertz CT molecular complexity index is 955. The van der Waals surface area contributed by atoms with Gasteiger partial charge < -0.3 is 14.0 Å². The van der Waals surface area contributed by atoms with E-state index in [4.69, 9.17) is 9.47 Å². The minimum Gasteiger partial charge on any atom is -0.481 e. The second-order valence-electron chi connectivity index (χ2n) is 6.11. The van der Waals surface area contributed by atoms with Crippen LogP contribution < -0.4 is 14.8 Å². The number of amides is 1. The molecule has 152 valence electrons. The fraction of sp³-hybridized carbons (Fsp3) is 0.533. The van der Waals surface area contributed by atoms with Crippen molar-refractivity contribution < 1.29 is 22.7 Å². The summed E-state index contributed by atoms with van der Waals surface area (Å²) in [7, 11) is 1.65. The predicted molar refractivity (Wildman–Crippen MR) is 102 cm³/mol. The van der Waals surface area contributed by atoms with Crippen LogP contribution in [0.2, 0.25) is 0 Å². The van der Waals surface area contributed by atoms with Crippen LogP contribution in [0.1, 0.15) is 18.2 Å². The molecule has 1 aliphatic rings. The van der Waals surface area contributed by atoms with E-state index in [2.05, 4.69) is 25.5 Å². The Morgan fingerprint density at radius 1 is 1.29 bits per heavy atom. The first kappa shape index (κ1) is 20.3. The number of anilines is 1. The minimum atomic E-state index is -3.01. The van der Waals surface area contributed by atoms with Gasteiger partial charge in [-0.3, -0.25) is 10.1 Å². The lowest BCUT2D eigenvalue weighted by molar-refractivity contribution is -0.113. The second kappa shape index (κ2) is 8.31. The topological polar surface area (TPSA) is 138 Å². The third kappa shape index (κ3) is 4.70. The molecule has 13 heteroatoms. The summed E-state index contributed by atoms with van der Waals surface area (Å²) in [4.78, 5) is 20.3. The Morgan fingerprint density at radius 3 is 2.54 bits per heavy atom. The Balaban J connectivity index is 1.61. The van der Waals surface area contributed by atoms with Crippen molar-refractivity contribution in [1.29, 1.82) is 0 Å². The number of rotatable bonds is 7. The molecule has 0 spiro atoms. The molecular formula is C15H20N6O5S2. The van der Waals surface area contributed by atoms with Gasteiger partial charge >= 0.3 is 0 Å². The summed E-state index contributed by atoms with van der Waals surface area (Å²) in [6, 6.07) is 1.49. The Hall–Kier alpha value is -2.41. The molecule has 0 bridgehead atoms. The Labute approximate surface area is 166 Å². The number of sulfone groups is 1. The number of ether oxygens (including phenoxy) is 2. The van der Waals surface area contributed by atoms with Gasteiger partial charge in [0.05, 0.1) is 37.5 Å². The van der Waals surface area contributed by atoms with Crippen molar-refractivity contribution in [2.24, 2.45) is 7.05 Å². The molecule has 1 N–H and O–H groups in total. The molecule has 2 aromatic heterocycles. The van der Waals surface area contributed by atoms with Crippen molar-refractivity contribution in [3.63, 3.8) is 0 Å². The molecule has 3 heterocycles. The average Bonchev–Trinajstić information content (AvgIpc) is 3.21. The molecular weight excluding hydrogens is 408 g/mol. The molecule has 1 fully saturated rings. The van der Waals surface area contributed by atoms with Crippen LogP contribution in [0.4, 0.5) is 5.95 Å². The van der Waals surface area contributed by atoms with Crippen molar-refractivity contribution >= 4 is 33.5 Å². The maximum Gasteiger partial charge on any atom is 0.237 e. The van der Waals surface area contributed by atoms with Crippen LogP contribution in [-0.4, -0.2) is 70.5 Å². The van der Waals surface area contributed by atoms with E-state index >= 15 is 0 Å². The van der Waals surface area contributed by atoms with E-state index in [1.165, 1.54) is 32.0 Å². The van der Waals surface area contributed by atoms with Crippen LogP contribution in [-0.2, 0) is 21.7 Å². The normalized spacial score (nSPS) is 18.0. The van der Waals surface area contributed by atoms with Crippen LogP contribution in [0.25, 0.3) is 0 Å². The minimum absolute atomic E-state index is 0.0534. The number of methoxy groups -OCH3 is 2. The van der Waals surface area contributed by atoms with Gasteiger partial charge in [-0.25, -0.2) is 8.42 Å². The van der Waals surface area contributed by atoms with Gasteiger partial charge in [0.2, 0.25) is 23.6 Å². The maximum absolute atomic E-state index is 12.2. The van der Waals surface area contributed by atoms with Crippen molar-refractivity contribution in [3.8, 4) is 11.8 Å². The van der Waals surface area contributed by atoms with Crippen LogP contribution in [0.3, 0.4) is 0 Å². The van der Waals surface area contributed by atoms with Gasteiger partial charge in [-0.05, 0) is 6.42 Å². The molecule has 0 radical (unpaired) electrons. The lowest BCUT2D eigenvalue weighted by Gasteiger charge is -2.08. The van der Waals surface area contributed by atoms with E-state index in [1.807, 2.05) is 0 Å². The third-order valence-electron chi connectivity index (χ3n) is 4.15. The quantitative estimate of drug-likeness (QED) is 0.611. The van der Waals surface area contributed by atoms with E-state index in [9.17, 15) is 13.2 Å². The largest absolute Gasteiger partial charge is 0.481 e. The smallest absolute Gasteiger partial charge is 0.237 e. The van der Waals surface area contributed by atoms with E-state index in [0.29, 0.717) is 17.4 Å². The molecule has 1 aliphatic heterocycles.